The first-order valence-corrected chi connectivity index (χ1v) is 9.58. The van der Waals surface area contributed by atoms with E-state index in [-0.39, 0.29) is 16.9 Å². The van der Waals surface area contributed by atoms with Gasteiger partial charge in [-0.05, 0) is 75.5 Å². The van der Waals surface area contributed by atoms with Gasteiger partial charge in [0.25, 0.3) is 0 Å². The molecule has 0 spiro atoms. The number of hydrogen-bond acceptors (Lipinski definition) is 4. The Morgan fingerprint density at radius 1 is 1.17 bits per heavy atom. The summed E-state index contributed by atoms with van der Waals surface area (Å²) in [6.45, 7) is 4.46. The van der Waals surface area contributed by atoms with Gasteiger partial charge < -0.3 is 9.90 Å². The smallest absolute Gasteiger partial charge is 0.152 e. The summed E-state index contributed by atoms with van der Waals surface area (Å²) in [5.41, 5.74) is 0.133. The second kappa shape index (κ2) is 6.36. The lowest BCUT2D eigenvalue weighted by molar-refractivity contribution is -0.138. The van der Waals surface area contributed by atoms with Crippen molar-refractivity contribution in [1.82, 2.24) is 0 Å². The molecule has 3 rings (SSSR count). The van der Waals surface area contributed by atoms with Crippen molar-refractivity contribution in [2.45, 2.75) is 89.7 Å². The molecule has 0 aromatic heterocycles. The number of carbonyl (C=O) groups excluding carboxylic acids is 1. The third-order valence-corrected chi connectivity index (χ3v) is 7.70. The number of rotatable bonds is 2. The molecule has 5 atom stereocenters. The minimum absolute atomic E-state index is 0.0517. The minimum atomic E-state index is -1.15. The van der Waals surface area contributed by atoms with Crippen LogP contribution in [0.2, 0.25) is 0 Å². The molecule has 3 aliphatic rings. The van der Waals surface area contributed by atoms with E-state index in [4.69, 9.17) is 0 Å². The first-order valence-electron chi connectivity index (χ1n) is 9.58. The van der Waals surface area contributed by atoms with Crippen molar-refractivity contribution in [3.63, 3.8) is 0 Å². The van der Waals surface area contributed by atoms with Crippen LogP contribution in [-0.2, 0) is 4.79 Å². The van der Waals surface area contributed by atoms with Gasteiger partial charge >= 0.3 is 0 Å². The third kappa shape index (κ3) is 2.77. The predicted molar refractivity (Wildman–Crippen MR) is 94.6 cm³/mol. The molecule has 134 valence electrons. The third-order valence-electron chi connectivity index (χ3n) is 7.70. The van der Waals surface area contributed by atoms with Gasteiger partial charge in [-0.1, -0.05) is 30.7 Å². The van der Waals surface area contributed by atoms with Gasteiger partial charge in [-0.3, -0.25) is 0 Å². The van der Waals surface area contributed by atoms with E-state index in [1.165, 1.54) is 5.57 Å². The van der Waals surface area contributed by atoms with E-state index < -0.39 is 5.60 Å². The number of fused-ring (bicyclic) bond motifs is 2. The fourth-order valence-corrected chi connectivity index (χ4v) is 5.62. The highest BCUT2D eigenvalue weighted by atomic mass is 16.3. The van der Waals surface area contributed by atoms with Crippen molar-refractivity contribution in [3.8, 4) is 0 Å². The van der Waals surface area contributed by atoms with Gasteiger partial charge in [0.2, 0.25) is 0 Å². The van der Waals surface area contributed by atoms with Gasteiger partial charge in [0.15, 0.2) is 6.29 Å². The summed E-state index contributed by atoms with van der Waals surface area (Å²) in [5.74, 6) is 0.408. The fraction of sp³-hybridized carbons (Fsp3) is 0.850. The Morgan fingerprint density at radius 3 is 2.58 bits per heavy atom. The molecule has 0 heterocycles. The van der Waals surface area contributed by atoms with Crippen molar-refractivity contribution in [1.29, 1.82) is 0 Å². The maximum Gasteiger partial charge on any atom is 0.152 e. The number of hydrogen-bond donors (Lipinski definition) is 1. The molecule has 0 aliphatic heterocycles. The Morgan fingerprint density at radius 2 is 1.88 bits per heavy atom. The van der Waals surface area contributed by atoms with Crippen LogP contribution >= 0.6 is 0 Å². The molecule has 4 heteroatoms. The SMILES string of the molecule is CC12CCC(N=O)C/C1=C/CCCC1(C)C(CC2)CCC1(O)C=O. The molecule has 0 saturated heterocycles. The average molecular weight is 333 g/mol. The van der Waals surface area contributed by atoms with E-state index in [0.717, 1.165) is 64.1 Å². The summed E-state index contributed by atoms with van der Waals surface area (Å²) in [7, 11) is 0. The van der Waals surface area contributed by atoms with Gasteiger partial charge in [0, 0.05) is 5.41 Å². The van der Waals surface area contributed by atoms with Crippen molar-refractivity contribution in [2.24, 2.45) is 21.9 Å². The van der Waals surface area contributed by atoms with Crippen LogP contribution in [0.4, 0.5) is 0 Å². The normalized spacial score (nSPS) is 48.5. The van der Waals surface area contributed by atoms with Crippen molar-refractivity contribution in [2.75, 3.05) is 0 Å². The number of nitrogens with zero attached hydrogens (tertiary/aromatic N) is 1. The molecular formula is C20H31NO3. The molecule has 0 bridgehead atoms. The predicted octanol–water partition coefficient (Wildman–Crippen LogP) is 4.55. The zero-order chi connectivity index (χ0) is 17.4. The van der Waals surface area contributed by atoms with Crippen LogP contribution in [-0.4, -0.2) is 23.0 Å². The summed E-state index contributed by atoms with van der Waals surface area (Å²) in [4.78, 5) is 22.6. The number of nitroso groups, excluding NO2 is 1. The van der Waals surface area contributed by atoms with E-state index in [0.29, 0.717) is 12.3 Å². The second-order valence-electron chi connectivity index (χ2n) is 8.92. The van der Waals surface area contributed by atoms with Crippen LogP contribution in [0.3, 0.4) is 0 Å². The van der Waals surface area contributed by atoms with Crippen LogP contribution < -0.4 is 0 Å². The number of carbonyl (C=O) groups is 1. The van der Waals surface area contributed by atoms with Gasteiger partial charge in [-0.2, -0.15) is 4.91 Å². The van der Waals surface area contributed by atoms with E-state index in [1.807, 2.05) is 0 Å². The van der Waals surface area contributed by atoms with Crippen molar-refractivity contribution < 1.29 is 9.90 Å². The molecule has 5 unspecified atom stereocenters. The van der Waals surface area contributed by atoms with Gasteiger partial charge in [0.05, 0.1) is 6.04 Å². The molecule has 1 N–H and O–H groups in total. The zero-order valence-corrected chi connectivity index (χ0v) is 15.1. The topological polar surface area (TPSA) is 66.7 Å². The molecule has 0 radical (unpaired) electrons. The number of aldehydes is 1. The minimum Gasteiger partial charge on any atom is -0.382 e. The summed E-state index contributed by atoms with van der Waals surface area (Å²) < 4.78 is 0. The summed E-state index contributed by atoms with van der Waals surface area (Å²) in [5, 5.41) is 14.2. The average Bonchev–Trinajstić information content (AvgIpc) is 2.83. The first kappa shape index (κ1) is 17.8. The summed E-state index contributed by atoms with van der Waals surface area (Å²) in [6, 6.07) is -0.0517. The van der Waals surface area contributed by atoms with Crippen molar-refractivity contribution >= 4 is 6.29 Å². The lowest BCUT2D eigenvalue weighted by Crippen LogP contribution is -2.46. The largest absolute Gasteiger partial charge is 0.382 e. The molecule has 2 fully saturated rings. The molecule has 4 nitrogen and oxygen atoms in total. The van der Waals surface area contributed by atoms with Gasteiger partial charge in [-0.15, -0.1) is 0 Å². The van der Waals surface area contributed by atoms with Gasteiger partial charge in [-0.25, -0.2) is 0 Å². The molecule has 24 heavy (non-hydrogen) atoms. The zero-order valence-electron chi connectivity index (χ0n) is 15.1. The van der Waals surface area contributed by atoms with Gasteiger partial charge in [0.1, 0.15) is 5.60 Å². The monoisotopic (exact) mass is 333 g/mol. The Kier molecular flexibility index (Phi) is 4.71. The van der Waals surface area contributed by atoms with Crippen LogP contribution in [0.5, 0.6) is 0 Å². The standard InChI is InChI=1S/C20H31NO3/c1-18-10-6-15-7-12-20(23,14-22)19(15,2)9-4-3-5-16(18)13-17(21-24)8-11-18/h5,14-15,17,23H,3-4,6-13H2,1-2H3/b16-5-. The first-order chi connectivity index (χ1) is 11.4. The van der Waals surface area contributed by atoms with Crippen LogP contribution in [0, 0.1) is 21.7 Å². The van der Waals surface area contributed by atoms with Crippen LogP contribution in [0.15, 0.2) is 16.8 Å². The van der Waals surface area contributed by atoms with Crippen LogP contribution in [0.1, 0.15) is 78.1 Å². The Balaban J connectivity index is 1.85. The highest BCUT2D eigenvalue weighted by Gasteiger charge is 2.56. The van der Waals surface area contributed by atoms with Crippen LogP contribution in [0.25, 0.3) is 0 Å². The lowest BCUT2D eigenvalue weighted by atomic mass is 9.62. The fourth-order valence-electron chi connectivity index (χ4n) is 5.62. The summed E-state index contributed by atoms with van der Waals surface area (Å²) in [6.07, 6.45) is 12.4. The molecule has 0 aromatic carbocycles. The maximum atomic E-state index is 11.6. The molecule has 0 amide bonds. The highest BCUT2D eigenvalue weighted by Crippen LogP contribution is 2.56. The van der Waals surface area contributed by atoms with E-state index in [1.54, 1.807) is 0 Å². The second-order valence-corrected chi connectivity index (χ2v) is 8.92. The molecule has 0 aromatic rings. The Hall–Kier alpha value is -1.03. The van der Waals surface area contributed by atoms with E-state index in [9.17, 15) is 14.8 Å². The number of allylic oxidation sites excluding steroid dienone is 1. The Bertz CT molecular complexity index is 545. The highest BCUT2D eigenvalue weighted by molar-refractivity contribution is 5.65. The number of aliphatic hydroxyl groups is 1. The summed E-state index contributed by atoms with van der Waals surface area (Å²) >= 11 is 0. The van der Waals surface area contributed by atoms with E-state index in [2.05, 4.69) is 25.1 Å². The lowest BCUT2D eigenvalue weighted by Gasteiger charge is -2.44. The molecular weight excluding hydrogens is 302 g/mol. The molecule has 2 saturated carbocycles. The van der Waals surface area contributed by atoms with E-state index >= 15 is 0 Å². The quantitative estimate of drug-likeness (QED) is 0.458. The maximum absolute atomic E-state index is 11.6. The Labute approximate surface area is 145 Å². The molecule has 3 aliphatic carbocycles. The van der Waals surface area contributed by atoms with Crippen molar-refractivity contribution in [3.05, 3.63) is 16.6 Å².